The van der Waals surface area contributed by atoms with Gasteiger partial charge < -0.3 is 14.2 Å². The van der Waals surface area contributed by atoms with Gasteiger partial charge in [0, 0.05) is 13.1 Å². The summed E-state index contributed by atoms with van der Waals surface area (Å²) in [5.41, 5.74) is 0. The molecule has 0 atom stereocenters. The number of hydrogen-bond donors (Lipinski definition) is 1. The van der Waals surface area contributed by atoms with Gasteiger partial charge in [0.05, 0.1) is 18.6 Å². The molecule has 9 nitrogen and oxygen atoms in total. The molecular weight excluding hydrogens is 310 g/mol. The van der Waals surface area contributed by atoms with Gasteiger partial charge in [0.1, 0.15) is 6.61 Å². The lowest BCUT2D eigenvalue weighted by molar-refractivity contribution is -0.00121. The van der Waals surface area contributed by atoms with Crippen LogP contribution in [0.3, 0.4) is 0 Å². The molecule has 1 saturated heterocycles. The van der Waals surface area contributed by atoms with E-state index in [1.165, 1.54) is 16.8 Å². The summed E-state index contributed by atoms with van der Waals surface area (Å²) in [5.74, 6) is 1.00. The van der Waals surface area contributed by atoms with E-state index >= 15 is 0 Å². The fourth-order valence-electron chi connectivity index (χ4n) is 2.35. The van der Waals surface area contributed by atoms with Crippen LogP contribution in [0.2, 0.25) is 0 Å². The minimum Gasteiger partial charge on any atom is -0.368 e. The Bertz CT molecular complexity index is 704. The molecule has 120 valence electrons. The zero-order valence-electron chi connectivity index (χ0n) is 12.1. The van der Waals surface area contributed by atoms with Crippen LogP contribution in [0.15, 0.2) is 22.1 Å². The first-order valence-electron chi connectivity index (χ1n) is 6.95. The third kappa shape index (κ3) is 3.18. The van der Waals surface area contributed by atoms with Gasteiger partial charge in [0.15, 0.2) is 10.9 Å². The third-order valence-corrected chi connectivity index (χ3v) is 5.33. The number of piperidine rings is 1. The molecule has 0 aliphatic carbocycles. The van der Waals surface area contributed by atoms with Gasteiger partial charge in [-0.25, -0.2) is 13.4 Å². The standard InChI is InChI=1S/C12H17N5O4S/c1-9-15-11(21-16-9)7-20-10-2-4-17(5-3-10)22(18,19)12-6-13-8-14-12/h6,8,10H,2-5,7H2,1H3,(H,13,14). The Morgan fingerprint density at radius 3 is 2.82 bits per heavy atom. The monoisotopic (exact) mass is 327 g/mol. The molecule has 2 aromatic rings. The van der Waals surface area contributed by atoms with Crippen molar-refractivity contribution >= 4 is 10.0 Å². The summed E-state index contributed by atoms with van der Waals surface area (Å²) < 4.78 is 36.7. The Morgan fingerprint density at radius 2 is 2.23 bits per heavy atom. The summed E-state index contributed by atoms with van der Waals surface area (Å²) in [6, 6.07) is 0. The number of sulfonamides is 1. The van der Waals surface area contributed by atoms with Gasteiger partial charge in [-0.2, -0.15) is 9.29 Å². The summed E-state index contributed by atoms with van der Waals surface area (Å²) in [5, 5.41) is 3.81. The second-order valence-corrected chi connectivity index (χ2v) is 6.97. The van der Waals surface area contributed by atoms with E-state index in [9.17, 15) is 8.42 Å². The van der Waals surface area contributed by atoms with Crippen LogP contribution in [0.1, 0.15) is 24.6 Å². The molecule has 0 radical (unpaired) electrons. The van der Waals surface area contributed by atoms with Gasteiger partial charge in [-0.05, 0) is 19.8 Å². The smallest absolute Gasteiger partial charge is 0.260 e. The van der Waals surface area contributed by atoms with E-state index in [1.54, 1.807) is 6.92 Å². The number of nitrogens with one attached hydrogen (secondary N) is 1. The van der Waals surface area contributed by atoms with Crippen LogP contribution in [0, 0.1) is 6.92 Å². The van der Waals surface area contributed by atoms with Crippen molar-refractivity contribution in [1.82, 2.24) is 24.4 Å². The molecule has 2 aromatic heterocycles. The largest absolute Gasteiger partial charge is 0.368 e. The Kier molecular flexibility index (Phi) is 4.23. The van der Waals surface area contributed by atoms with Gasteiger partial charge in [-0.15, -0.1) is 0 Å². The topological polar surface area (TPSA) is 114 Å². The van der Waals surface area contributed by atoms with Crippen molar-refractivity contribution in [3.63, 3.8) is 0 Å². The lowest BCUT2D eigenvalue weighted by atomic mass is 10.1. The normalized spacial score (nSPS) is 17.9. The summed E-state index contributed by atoms with van der Waals surface area (Å²) >= 11 is 0. The molecule has 0 unspecified atom stereocenters. The number of imidazole rings is 1. The maximum absolute atomic E-state index is 12.3. The van der Waals surface area contributed by atoms with Crippen LogP contribution in [0.25, 0.3) is 0 Å². The van der Waals surface area contributed by atoms with Crippen molar-refractivity contribution in [2.75, 3.05) is 13.1 Å². The van der Waals surface area contributed by atoms with Crippen LogP contribution in [-0.2, 0) is 21.4 Å². The van der Waals surface area contributed by atoms with Crippen LogP contribution in [0.5, 0.6) is 0 Å². The number of rotatable bonds is 5. The second kappa shape index (κ2) is 6.15. The number of aromatic nitrogens is 4. The second-order valence-electron chi connectivity index (χ2n) is 5.07. The molecule has 1 fully saturated rings. The Morgan fingerprint density at radius 1 is 1.45 bits per heavy atom. The van der Waals surface area contributed by atoms with Crippen LogP contribution in [-0.4, -0.2) is 52.0 Å². The fraction of sp³-hybridized carbons (Fsp3) is 0.583. The van der Waals surface area contributed by atoms with Crippen LogP contribution < -0.4 is 0 Å². The highest BCUT2D eigenvalue weighted by Gasteiger charge is 2.30. The van der Waals surface area contributed by atoms with E-state index < -0.39 is 10.0 Å². The lowest BCUT2D eigenvalue weighted by Crippen LogP contribution is -2.40. The molecule has 1 N–H and O–H groups in total. The summed E-state index contributed by atoms with van der Waals surface area (Å²) in [6.45, 7) is 2.81. The van der Waals surface area contributed by atoms with Crippen LogP contribution >= 0.6 is 0 Å². The quantitative estimate of drug-likeness (QED) is 0.849. The number of nitrogens with zero attached hydrogens (tertiary/aromatic N) is 4. The number of ether oxygens (including phenoxy) is 1. The first kappa shape index (κ1) is 15.1. The zero-order chi connectivity index (χ0) is 15.6. The van der Waals surface area contributed by atoms with Crippen molar-refractivity contribution in [2.45, 2.75) is 37.5 Å². The molecule has 1 aliphatic heterocycles. The van der Waals surface area contributed by atoms with Gasteiger partial charge in [0.25, 0.3) is 15.9 Å². The molecule has 0 bridgehead atoms. The highest BCUT2D eigenvalue weighted by Crippen LogP contribution is 2.21. The summed E-state index contributed by atoms with van der Waals surface area (Å²) in [4.78, 5) is 10.5. The van der Waals surface area contributed by atoms with Crippen molar-refractivity contribution < 1.29 is 17.7 Å². The minimum absolute atomic E-state index is 0.0135. The highest BCUT2D eigenvalue weighted by molar-refractivity contribution is 7.89. The first-order valence-corrected chi connectivity index (χ1v) is 8.39. The van der Waals surface area contributed by atoms with Crippen molar-refractivity contribution in [2.24, 2.45) is 0 Å². The predicted octanol–water partition coefficient (Wildman–Crippen LogP) is 0.471. The molecule has 3 rings (SSSR count). The van der Waals surface area contributed by atoms with Crippen molar-refractivity contribution in [1.29, 1.82) is 0 Å². The number of hydrogen-bond acceptors (Lipinski definition) is 7. The molecule has 3 heterocycles. The Labute approximate surface area is 127 Å². The zero-order valence-corrected chi connectivity index (χ0v) is 12.9. The van der Waals surface area contributed by atoms with E-state index in [0.717, 1.165) is 0 Å². The van der Waals surface area contributed by atoms with Gasteiger partial charge in [0.2, 0.25) is 0 Å². The highest BCUT2D eigenvalue weighted by atomic mass is 32.2. The maximum Gasteiger partial charge on any atom is 0.260 e. The van der Waals surface area contributed by atoms with E-state index in [-0.39, 0.29) is 17.7 Å². The lowest BCUT2D eigenvalue weighted by Gasteiger charge is -2.30. The Hall–Kier alpha value is -1.78. The number of H-pyrrole nitrogens is 1. The van der Waals surface area contributed by atoms with Gasteiger partial charge >= 0.3 is 0 Å². The summed E-state index contributed by atoms with van der Waals surface area (Å²) in [6.07, 6.45) is 3.91. The summed E-state index contributed by atoms with van der Waals surface area (Å²) in [7, 11) is -3.49. The molecule has 0 aromatic carbocycles. The first-order chi connectivity index (χ1) is 10.6. The van der Waals surface area contributed by atoms with E-state index in [0.29, 0.717) is 37.6 Å². The van der Waals surface area contributed by atoms with Gasteiger partial charge in [-0.1, -0.05) is 5.16 Å². The Balaban J connectivity index is 1.52. The van der Waals surface area contributed by atoms with Crippen molar-refractivity contribution in [3.8, 4) is 0 Å². The maximum atomic E-state index is 12.3. The van der Waals surface area contributed by atoms with Crippen molar-refractivity contribution in [3.05, 3.63) is 24.2 Å². The molecule has 1 aliphatic rings. The minimum atomic E-state index is -3.49. The third-order valence-electron chi connectivity index (χ3n) is 3.50. The SMILES string of the molecule is Cc1noc(COC2CCN(S(=O)(=O)c3cnc[nH]3)CC2)n1. The van der Waals surface area contributed by atoms with E-state index in [4.69, 9.17) is 9.26 Å². The average molecular weight is 327 g/mol. The molecular formula is C12H17N5O4S. The van der Waals surface area contributed by atoms with Gasteiger partial charge in [-0.3, -0.25) is 0 Å². The average Bonchev–Trinajstić information content (AvgIpc) is 3.17. The molecule has 10 heteroatoms. The predicted molar refractivity (Wildman–Crippen MR) is 74.2 cm³/mol. The number of aromatic amines is 1. The number of aryl methyl sites for hydroxylation is 1. The molecule has 0 saturated carbocycles. The molecule has 0 amide bonds. The molecule has 0 spiro atoms. The fourth-order valence-corrected chi connectivity index (χ4v) is 3.72. The van der Waals surface area contributed by atoms with E-state index in [1.807, 2.05) is 0 Å². The molecule has 22 heavy (non-hydrogen) atoms. The van der Waals surface area contributed by atoms with Crippen LogP contribution in [0.4, 0.5) is 0 Å². The van der Waals surface area contributed by atoms with E-state index in [2.05, 4.69) is 20.1 Å².